The predicted octanol–water partition coefficient (Wildman–Crippen LogP) is 14.5. The van der Waals surface area contributed by atoms with E-state index in [-0.39, 0.29) is 0 Å². The summed E-state index contributed by atoms with van der Waals surface area (Å²) in [4.78, 5) is 5.26. The normalized spacial score (nSPS) is 11.3. The first kappa shape index (κ1) is 31.6. The zero-order valence-electron chi connectivity index (χ0n) is 29.7. The summed E-state index contributed by atoms with van der Waals surface area (Å²) in [5.41, 5.74) is 13.6. The molecule has 0 aliphatic heterocycles. The van der Waals surface area contributed by atoms with Gasteiger partial charge in [-0.25, -0.2) is 4.98 Å². The highest BCUT2D eigenvalue weighted by Gasteiger charge is 2.17. The molecule has 0 aliphatic carbocycles. The number of nitrogens with zero attached hydrogens (tertiary/aromatic N) is 1. The Morgan fingerprint density at radius 3 is 1.17 bits per heavy atom. The molecule has 0 amide bonds. The van der Waals surface area contributed by atoms with Crippen molar-refractivity contribution in [3.63, 3.8) is 0 Å². The SMILES string of the molecule is c1ccc(-c2cc(-c3ccccc3-c3ccccc3)cc(-c3ccc(-c4ccccc4-c4cccc5c6ccccc6c6ccccc6c45)cc3)n2)cc1. The predicted molar refractivity (Wildman–Crippen MR) is 229 cm³/mol. The molecule has 1 nitrogen and oxygen atoms in total. The largest absolute Gasteiger partial charge is 0.248 e. The highest BCUT2D eigenvalue weighted by atomic mass is 14.7. The standard InChI is InChI=1S/C53H35N/c1-3-16-36(17-4-1)41-20-7-8-22-43(41)40-34-51(38-18-5-2-6-19-38)54-52(35-40)39-32-30-37(31-33-39)42-21-9-10-23-44(42)49-28-15-29-50-47-25-12-11-24-45(47)46-26-13-14-27-48(46)53(49)50/h1-35H. The number of hydrogen-bond donors (Lipinski definition) is 0. The molecule has 9 aromatic carbocycles. The van der Waals surface area contributed by atoms with Crippen LogP contribution in [0.5, 0.6) is 0 Å². The van der Waals surface area contributed by atoms with Crippen LogP contribution in [0.1, 0.15) is 0 Å². The molecule has 252 valence electrons. The van der Waals surface area contributed by atoms with E-state index >= 15 is 0 Å². The molecule has 1 aromatic heterocycles. The fourth-order valence-electron chi connectivity index (χ4n) is 8.17. The van der Waals surface area contributed by atoms with Gasteiger partial charge in [-0.3, -0.25) is 0 Å². The maximum absolute atomic E-state index is 5.26. The van der Waals surface area contributed by atoms with Crippen LogP contribution >= 0.6 is 0 Å². The van der Waals surface area contributed by atoms with Crippen molar-refractivity contribution >= 4 is 32.3 Å². The summed E-state index contributed by atoms with van der Waals surface area (Å²) >= 11 is 0. The molecule has 0 unspecified atom stereocenters. The van der Waals surface area contributed by atoms with E-state index in [1.807, 2.05) is 0 Å². The molecule has 0 N–H and O–H groups in total. The Kier molecular flexibility index (Phi) is 7.89. The number of benzene rings is 9. The first-order valence-corrected chi connectivity index (χ1v) is 18.5. The lowest BCUT2D eigenvalue weighted by Gasteiger charge is -2.17. The van der Waals surface area contributed by atoms with E-state index in [0.717, 1.165) is 28.1 Å². The third-order valence-corrected chi connectivity index (χ3v) is 10.7. The fourth-order valence-corrected chi connectivity index (χ4v) is 8.17. The number of hydrogen-bond acceptors (Lipinski definition) is 1. The second-order valence-electron chi connectivity index (χ2n) is 13.8. The smallest absolute Gasteiger partial charge is 0.0715 e. The van der Waals surface area contributed by atoms with Crippen molar-refractivity contribution in [3.8, 4) is 67.0 Å². The van der Waals surface area contributed by atoms with Crippen molar-refractivity contribution in [2.45, 2.75) is 0 Å². The van der Waals surface area contributed by atoms with Gasteiger partial charge in [0.1, 0.15) is 0 Å². The lowest BCUT2D eigenvalue weighted by atomic mass is 9.87. The van der Waals surface area contributed by atoms with Crippen LogP contribution in [-0.4, -0.2) is 4.98 Å². The van der Waals surface area contributed by atoms with Gasteiger partial charge in [-0.15, -0.1) is 0 Å². The van der Waals surface area contributed by atoms with Gasteiger partial charge in [-0.1, -0.05) is 200 Å². The molecule has 10 rings (SSSR count). The summed E-state index contributed by atoms with van der Waals surface area (Å²) in [6.45, 7) is 0. The first-order chi connectivity index (χ1) is 26.8. The molecule has 0 fully saturated rings. The van der Waals surface area contributed by atoms with E-state index in [1.54, 1.807) is 0 Å². The third kappa shape index (κ3) is 5.55. The molecule has 1 heterocycles. The monoisotopic (exact) mass is 685 g/mol. The van der Waals surface area contributed by atoms with Gasteiger partial charge < -0.3 is 0 Å². The van der Waals surface area contributed by atoms with Gasteiger partial charge in [0, 0.05) is 11.1 Å². The molecule has 10 aromatic rings. The van der Waals surface area contributed by atoms with E-state index in [2.05, 4.69) is 212 Å². The van der Waals surface area contributed by atoms with Gasteiger partial charge in [0.2, 0.25) is 0 Å². The highest BCUT2D eigenvalue weighted by Crippen LogP contribution is 2.43. The fraction of sp³-hybridized carbons (Fsp3) is 0. The quantitative estimate of drug-likeness (QED) is 0.159. The third-order valence-electron chi connectivity index (χ3n) is 10.7. The maximum Gasteiger partial charge on any atom is 0.0715 e. The van der Waals surface area contributed by atoms with Crippen LogP contribution in [-0.2, 0) is 0 Å². The number of pyridine rings is 1. The zero-order valence-corrected chi connectivity index (χ0v) is 29.7. The van der Waals surface area contributed by atoms with Crippen molar-refractivity contribution in [1.29, 1.82) is 0 Å². The second-order valence-corrected chi connectivity index (χ2v) is 13.8. The minimum atomic E-state index is 0.946. The second kappa shape index (κ2) is 13.5. The van der Waals surface area contributed by atoms with E-state index in [4.69, 9.17) is 4.98 Å². The first-order valence-electron chi connectivity index (χ1n) is 18.5. The van der Waals surface area contributed by atoms with Crippen molar-refractivity contribution in [1.82, 2.24) is 4.98 Å². The average Bonchev–Trinajstić information content (AvgIpc) is 3.27. The van der Waals surface area contributed by atoms with Crippen LogP contribution in [0.3, 0.4) is 0 Å². The topological polar surface area (TPSA) is 12.9 Å². The van der Waals surface area contributed by atoms with Gasteiger partial charge in [0.15, 0.2) is 0 Å². The van der Waals surface area contributed by atoms with Crippen molar-refractivity contribution < 1.29 is 0 Å². The van der Waals surface area contributed by atoms with Gasteiger partial charge in [0.25, 0.3) is 0 Å². The molecule has 1 heteroatoms. The van der Waals surface area contributed by atoms with Crippen molar-refractivity contribution in [2.75, 3.05) is 0 Å². The molecule has 0 atom stereocenters. The van der Waals surface area contributed by atoms with E-state index < -0.39 is 0 Å². The molecule has 0 radical (unpaired) electrons. The van der Waals surface area contributed by atoms with Crippen LogP contribution in [0, 0.1) is 0 Å². The van der Waals surface area contributed by atoms with Crippen LogP contribution in [0.25, 0.3) is 99.3 Å². The molecular weight excluding hydrogens is 651 g/mol. The van der Waals surface area contributed by atoms with E-state index in [1.165, 1.54) is 71.3 Å². The molecule has 0 saturated carbocycles. The Hall–Kier alpha value is -7.09. The molecular formula is C53H35N. The van der Waals surface area contributed by atoms with Crippen LogP contribution in [0.15, 0.2) is 212 Å². The minimum absolute atomic E-state index is 0.946. The van der Waals surface area contributed by atoms with Crippen LogP contribution in [0.2, 0.25) is 0 Å². The Morgan fingerprint density at radius 1 is 0.222 bits per heavy atom. The summed E-state index contributed by atoms with van der Waals surface area (Å²) in [7, 11) is 0. The molecule has 54 heavy (non-hydrogen) atoms. The zero-order chi connectivity index (χ0) is 35.8. The van der Waals surface area contributed by atoms with Gasteiger partial charge >= 0.3 is 0 Å². The Bertz CT molecular complexity index is 2920. The summed E-state index contributed by atoms with van der Waals surface area (Å²) in [6, 6.07) is 76.4. The van der Waals surface area contributed by atoms with Crippen LogP contribution < -0.4 is 0 Å². The molecule has 0 spiro atoms. The van der Waals surface area contributed by atoms with Gasteiger partial charge in [-0.05, 0) is 89.0 Å². The summed E-state index contributed by atoms with van der Waals surface area (Å²) in [5.74, 6) is 0. The average molecular weight is 686 g/mol. The van der Waals surface area contributed by atoms with Crippen LogP contribution in [0.4, 0.5) is 0 Å². The molecule has 0 bridgehead atoms. The number of fused-ring (bicyclic) bond motifs is 6. The Labute approximate surface area is 315 Å². The van der Waals surface area contributed by atoms with Gasteiger partial charge in [0.05, 0.1) is 11.4 Å². The number of rotatable bonds is 6. The summed E-state index contributed by atoms with van der Waals surface area (Å²) in [6.07, 6.45) is 0. The number of aromatic nitrogens is 1. The van der Waals surface area contributed by atoms with E-state index in [0.29, 0.717) is 0 Å². The Balaban J connectivity index is 1.11. The summed E-state index contributed by atoms with van der Waals surface area (Å²) < 4.78 is 0. The summed E-state index contributed by atoms with van der Waals surface area (Å²) in [5, 5.41) is 7.71. The van der Waals surface area contributed by atoms with E-state index in [9.17, 15) is 0 Å². The molecule has 0 saturated heterocycles. The van der Waals surface area contributed by atoms with Crippen molar-refractivity contribution in [3.05, 3.63) is 212 Å². The highest BCUT2D eigenvalue weighted by molar-refractivity contribution is 6.28. The molecule has 0 aliphatic rings. The Morgan fingerprint density at radius 2 is 0.574 bits per heavy atom. The lowest BCUT2D eigenvalue weighted by Crippen LogP contribution is -1.93. The lowest BCUT2D eigenvalue weighted by molar-refractivity contribution is 1.32. The maximum atomic E-state index is 5.26. The van der Waals surface area contributed by atoms with Crippen molar-refractivity contribution in [2.24, 2.45) is 0 Å². The van der Waals surface area contributed by atoms with Gasteiger partial charge in [-0.2, -0.15) is 0 Å². The minimum Gasteiger partial charge on any atom is -0.248 e.